The summed E-state index contributed by atoms with van der Waals surface area (Å²) in [6.45, 7) is 5.93. The molecule has 0 saturated heterocycles. The molecule has 3 aromatic rings. The van der Waals surface area contributed by atoms with E-state index in [1.54, 1.807) is 18.2 Å². The van der Waals surface area contributed by atoms with Gasteiger partial charge in [-0.3, -0.25) is 0 Å². The van der Waals surface area contributed by atoms with E-state index >= 15 is 0 Å². The van der Waals surface area contributed by atoms with Crippen LogP contribution in [0.3, 0.4) is 0 Å². The summed E-state index contributed by atoms with van der Waals surface area (Å²) in [6.07, 6.45) is 0.484. The molecule has 144 valence electrons. The standard InChI is InChI=1S/C20H23FN2O3S/c1-13(2)26-16-5-7-17(8-6-16)27(24,25)22-11-10-18-14(3)23-20-9-4-15(21)12-19(18)20/h4-9,12-13,22-23H,10-11H2,1-3H3. The molecule has 7 heteroatoms. The van der Waals surface area contributed by atoms with Gasteiger partial charge in [-0.1, -0.05) is 0 Å². The maximum atomic E-state index is 13.5. The van der Waals surface area contributed by atoms with E-state index in [-0.39, 0.29) is 23.4 Å². The molecule has 0 fully saturated rings. The number of aromatic amines is 1. The van der Waals surface area contributed by atoms with Crippen molar-refractivity contribution in [2.24, 2.45) is 0 Å². The van der Waals surface area contributed by atoms with Crippen LogP contribution in [-0.4, -0.2) is 26.1 Å². The molecule has 27 heavy (non-hydrogen) atoms. The first-order valence-electron chi connectivity index (χ1n) is 8.79. The van der Waals surface area contributed by atoms with Gasteiger partial charge in [0.2, 0.25) is 10.0 Å². The van der Waals surface area contributed by atoms with Gasteiger partial charge in [-0.15, -0.1) is 0 Å². The Morgan fingerprint density at radius 2 is 1.85 bits per heavy atom. The number of halogens is 1. The van der Waals surface area contributed by atoms with Gasteiger partial charge in [0, 0.05) is 23.1 Å². The van der Waals surface area contributed by atoms with Crippen LogP contribution in [0.1, 0.15) is 25.1 Å². The fourth-order valence-corrected chi connectivity index (χ4v) is 4.07. The molecule has 0 radical (unpaired) electrons. The van der Waals surface area contributed by atoms with Gasteiger partial charge in [0.25, 0.3) is 0 Å². The number of fused-ring (bicyclic) bond motifs is 1. The Morgan fingerprint density at radius 1 is 1.15 bits per heavy atom. The molecule has 2 N–H and O–H groups in total. The second kappa shape index (κ2) is 7.70. The number of rotatable bonds is 7. The lowest BCUT2D eigenvalue weighted by molar-refractivity contribution is 0.242. The monoisotopic (exact) mass is 390 g/mol. The first kappa shape index (κ1) is 19.4. The van der Waals surface area contributed by atoms with Gasteiger partial charge >= 0.3 is 0 Å². The molecule has 1 heterocycles. The summed E-state index contributed by atoms with van der Waals surface area (Å²) in [6, 6.07) is 10.9. The summed E-state index contributed by atoms with van der Waals surface area (Å²) < 4.78 is 46.6. The molecule has 0 spiro atoms. The van der Waals surface area contributed by atoms with E-state index in [9.17, 15) is 12.8 Å². The third-order valence-corrected chi connectivity index (χ3v) is 5.73. The van der Waals surface area contributed by atoms with Crippen LogP contribution in [0, 0.1) is 12.7 Å². The highest BCUT2D eigenvalue weighted by atomic mass is 32.2. The lowest BCUT2D eigenvalue weighted by Gasteiger charge is -2.11. The Kier molecular flexibility index (Phi) is 5.53. The average Bonchev–Trinajstić information content (AvgIpc) is 2.90. The van der Waals surface area contributed by atoms with Crippen molar-refractivity contribution in [3.63, 3.8) is 0 Å². The van der Waals surface area contributed by atoms with Gasteiger partial charge in [0.1, 0.15) is 11.6 Å². The molecule has 0 amide bonds. The Labute approximate surface area is 158 Å². The molecule has 0 unspecified atom stereocenters. The smallest absolute Gasteiger partial charge is 0.240 e. The highest BCUT2D eigenvalue weighted by Gasteiger charge is 2.15. The van der Waals surface area contributed by atoms with E-state index in [0.29, 0.717) is 12.2 Å². The van der Waals surface area contributed by atoms with Gasteiger partial charge in [-0.25, -0.2) is 17.5 Å². The lowest BCUT2D eigenvalue weighted by atomic mass is 10.1. The number of benzene rings is 2. The van der Waals surface area contributed by atoms with Crippen LogP contribution in [0.2, 0.25) is 0 Å². The number of ether oxygens (including phenoxy) is 1. The fraction of sp³-hybridized carbons (Fsp3) is 0.300. The van der Waals surface area contributed by atoms with Crippen molar-refractivity contribution in [3.05, 3.63) is 59.5 Å². The second-order valence-corrected chi connectivity index (χ2v) is 8.47. The normalized spacial score (nSPS) is 12.0. The minimum Gasteiger partial charge on any atom is -0.491 e. The molecule has 2 aromatic carbocycles. The van der Waals surface area contributed by atoms with Gasteiger partial charge in [0.05, 0.1) is 11.0 Å². The first-order valence-corrected chi connectivity index (χ1v) is 10.3. The van der Waals surface area contributed by atoms with Crippen LogP contribution in [0.4, 0.5) is 4.39 Å². The van der Waals surface area contributed by atoms with Crippen LogP contribution < -0.4 is 9.46 Å². The van der Waals surface area contributed by atoms with Gasteiger partial charge in [-0.05, 0) is 75.2 Å². The molecule has 0 aliphatic rings. The van der Waals surface area contributed by atoms with Crippen LogP contribution in [0.25, 0.3) is 10.9 Å². The Bertz CT molecular complexity index is 1040. The zero-order valence-corrected chi connectivity index (χ0v) is 16.4. The Hall–Kier alpha value is -2.38. The molecular formula is C20H23FN2O3S. The quantitative estimate of drug-likeness (QED) is 0.642. The van der Waals surface area contributed by atoms with E-state index < -0.39 is 10.0 Å². The van der Waals surface area contributed by atoms with Crippen molar-refractivity contribution in [2.45, 2.75) is 38.2 Å². The average molecular weight is 390 g/mol. The molecule has 1 aromatic heterocycles. The summed E-state index contributed by atoms with van der Waals surface area (Å²) in [5.41, 5.74) is 2.66. The van der Waals surface area contributed by atoms with Crippen LogP contribution in [0.5, 0.6) is 5.75 Å². The van der Waals surface area contributed by atoms with E-state index in [2.05, 4.69) is 9.71 Å². The molecule has 3 rings (SSSR count). The molecule has 0 aliphatic carbocycles. The van der Waals surface area contributed by atoms with Crippen LogP contribution >= 0.6 is 0 Å². The maximum Gasteiger partial charge on any atom is 0.240 e. The van der Waals surface area contributed by atoms with Gasteiger partial charge in [-0.2, -0.15) is 0 Å². The van der Waals surface area contributed by atoms with E-state index in [0.717, 1.165) is 22.2 Å². The number of H-pyrrole nitrogens is 1. The Balaban J connectivity index is 1.69. The second-order valence-electron chi connectivity index (χ2n) is 6.70. The number of hydrogen-bond acceptors (Lipinski definition) is 3. The number of nitrogens with one attached hydrogen (secondary N) is 2. The fourth-order valence-electron chi connectivity index (χ4n) is 3.04. The van der Waals surface area contributed by atoms with Crippen molar-refractivity contribution in [3.8, 4) is 5.75 Å². The highest BCUT2D eigenvalue weighted by Crippen LogP contribution is 2.23. The van der Waals surface area contributed by atoms with Crippen molar-refractivity contribution >= 4 is 20.9 Å². The number of aromatic nitrogens is 1. The zero-order chi connectivity index (χ0) is 19.6. The molecule has 0 saturated carbocycles. The largest absolute Gasteiger partial charge is 0.491 e. The molecule has 0 atom stereocenters. The molecule has 0 bridgehead atoms. The van der Waals surface area contributed by atoms with E-state index in [1.165, 1.54) is 24.3 Å². The summed E-state index contributed by atoms with van der Waals surface area (Å²) in [5.74, 6) is 0.312. The number of aryl methyl sites for hydroxylation is 1. The summed E-state index contributed by atoms with van der Waals surface area (Å²) in [7, 11) is -3.62. The van der Waals surface area contributed by atoms with Crippen molar-refractivity contribution < 1.29 is 17.5 Å². The molecule has 5 nitrogen and oxygen atoms in total. The van der Waals surface area contributed by atoms with E-state index in [1.807, 2.05) is 20.8 Å². The number of hydrogen-bond donors (Lipinski definition) is 2. The maximum absolute atomic E-state index is 13.5. The summed E-state index contributed by atoms with van der Waals surface area (Å²) in [4.78, 5) is 3.38. The highest BCUT2D eigenvalue weighted by molar-refractivity contribution is 7.89. The Morgan fingerprint density at radius 3 is 2.52 bits per heavy atom. The van der Waals surface area contributed by atoms with Crippen LogP contribution in [0.15, 0.2) is 47.4 Å². The van der Waals surface area contributed by atoms with Crippen LogP contribution in [-0.2, 0) is 16.4 Å². The van der Waals surface area contributed by atoms with Crippen molar-refractivity contribution in [1.29, 1.82) is 0 Å². The predicted molar refractivity (Wildman–Crippen MR) is 104 cm³/mol. The van der Waals surface area contributed by atoms with Crippen molar-refractivity contribution in [1.82, 2.24) is 9.71 Å². The molecular weight excluding hydrogens is 367 g/mol. The third-order valence-electron chi connectivity index (χ3n) is 4.25. The summed E-state index contributed by atoms with van der Waals surface area (Å²) >= 11 is 0. The van der Waals surface area contributed by atoms with Gasteiger partial charge < -0.3 is 9.72 Å². The topological polar surface area (TPSA) is 71.2 Å². The minimum atomic E-state index is -3.62. The minimum absolute atomic E-state index is 0.0230. The van der Waals surface area contributed by atoms with Gasteiger partial charge in [0.15, 0.2) is 0 Å². The first-order chi connectivity index (χ1) is 12.8. The summed E-state index contributed by atoms with van der Waals surface area (Å²) in [5, 5.41) is 0.780. The SMILES string of the molecule is Cc1[nH]c2ccc(F)cc2c1CCNS(=O)(=O)c1ccc(OC(C)C)cc1. The van der Waals surface area contributed by atoms with Crippen molar-refractivity contribution in [2.75, 3.05) is 6.54 Å². The zero-order valence-electron chi connectivity index (χ0n) is 15.5. The third kappa shape index (κ3) is 4.48. The molecule has 0 aliphatic heterocycles. The lowest BCUT2D eigenvalue weighted by Crippen LogP contribution is -2.26. The predicted octanol–water partition coefficient (Wildman–Crippen LogP) is 3.92. The van der Waals surface area contributed by atoms with E-state index in [4.69, 9.17) is 4.74 Å². The number of sulfonamides is 1.